The Morgan fingerprint density at radius 2 is 1.75 bits per heavy atom. The topological polar surface area (TPSA) is 170 Å². The van der Waals surface area contributed by atoms with Crippen molar-refractivity contribution in [3.05, 3.63) is 89.4 Å². The standard InChI is InChI=1S/C44H46FN11O5/c1-46-33-20-38(51-56-36(22-48-40(33)56)41(58)49-32-19-30(32)45)54-14-10-29-28(4-3-5-34(29)54)31-8-6-26(21-47-31)23-52-24-44(25-52)12-16-53(17-13-44)42(59)27-7-9-37(61-2)35(18-27)55-15-11-39(57)50-43(55)60/h3-9,18,20-22,30,32,46H,10-17,19,23-25H2,1-2H3,(H,49,58)(H,50,57,60)/t30-,32+/m0/s1. The summed E-state index contributed by atoms with van der Waals surface area (Å²) in [6, 6.07) is 16.5. The van der Waals surface area contributed by atoms with Gasteiger partial charge >= 0.3 is 6.03 Å². The Balaban J connectivity index is 0.768. The molecule has 7 heterocycles. The van der Waals surface area contributed by atoms with Crippen LogP contribution in [-0.4, -0.2) is 119 Å². The SMILES string of the molecule is CNc1cc(N2CCc3c(-c4ccc(CN5CC6(CCN(C(=O)c7ccc(OC)c(N8CCC(=O)NC8=O)c7)CC6)C5)cn4)cccc32)nn2c(C(=O)N[C@@H]3C[C@@H]3F)cnc12. The van der Waals surface area contributed by atoms with E-state index in [9.17, 15) is 23.6 Å². The van der Waals surface area contributed by atoms with Crippen LogP contribution >= 0.6 is 0 Å². The molecule has 61 heavy (non-hydrogen) atoms. The number of nitrogens with zero attached hydrogens (tertiary/aromatic N) is 8. The minimum atomic E-state index is -1.01. The number of halogens is 1. The molecule has 1 spiro atoms. The number of fused-ring (bicyclic) bond motifs is 2. The lowest BCUT2D eigenvalue weighted by Crippen LogP contribution is -2.60. The summed E-state index contributed by atoms with van der Waals surface area (Å²) in [4.78, 5) is 68.2. The van der Waals surface area contributed by atoms with Gasteiger partial charge in [0.2, 0.25) is 5.91 Å². The number of piperidine rings is 1. The largest absolute Gasteiger partial charge is 0.495 e. The molecule has 4 aliphatic heterocycles. The molecule has 1 aliphatic carbocycles. The van der Waals surface area contributed by atoms with Crippen molar-refractivity contribution in [2.24, 2.45) is 5.41 Å². The Morgan fingerprint density at radius 1 is 0.951 bits per heavy atom. The van der Waals surface area contributed by atoms with Gasteiger partial charge in [-0.05, 0) is 66.1 Å². The van der Waals surface area contributed by atoms with Gasteiger partial charge in [-0.1, -0.05) is 18.2 Å². The summed E-state index contributed by atoms with van der Waals surface area (Å²) in [5, 5.41) is 13.1. The molecule has 0 unspecified atom stereocenters. The van der Waals surface area contributed by atoms with Crippen molar-refractivity contribution >= 4 is 52.3 Å². The van der Waals surface area contributed by atoms with E-state index in [-0.39, 0.29) is 35.9 Å². The number of rotatable bonds is 10. The number of carbonyl (C=O) groups excluding carboxylic acids is 4. The predicted molar refractivity (Wildman–Crippen MR) is 225 cm³/mol. The van der Waals surface area contributed by atoms with Crippen LogP contribution in [0, 0.1) is 5.41 Å². The summed E-state index contributed by atoms with van der Waals surface area (Å²) in [5.74, 6) is 0.325. The van der Waals surface area contributed by atoms with Gasteiger partial charge in [0.1, 0.15) is 11.9 Å². The number of methoxy groups -OCH3 is 1. The van der Waals surface area contributed by atoms with E-state index in [4.69, 9.17) is 14.8 Å². The summed E-state index contributed by atoms with van der Waals surface area (Å²) < 4.78 is 20.6. The number of carbonyl (C=O) groups is 4. The number of benzene rings is 2. The van der Waals surface area contributed by atoms with Crippen LogP contribution in [0.2, 0.25) is 0 Å². The number of amides is 5. The van der Waals surface area contributed by atoms with E-state index >= 15 is 0 Å². The number of likely N-dealkylation sites (tertiary alicyclic amines) is 2. The quantitative estimate of drug-likeness (QED) is 0.181. The average molecular weight is 828 g/mol. The maximum atomic E-state index is 13.7. The third kappa shape index (κ3) is 7.05. The number of imide groups is 1. The third-order valence-corrected chi connectivity index (χ3v) is 12.8. The minimum Gasteiger partial charge on any atom is -0.495 e. The van der Waals surface area contributed by atoms with Gasteiger partial charge < -0.3 is 25.2 Å². The number of nitrogens with one attached hydrogen (secondary N) is 3. The van der Waals surface area contributed by atoms with E-state index in [1.54, 1.807) is 25.2 Å². The molecule has 1 saturated carbocycles. The van der Waals surface area contributed by atoms with Gasteiger partial charge in [-0.3, -0.25) is 34.5 Å². The van der Waals surface area contributed by atoms with Crippen molar-refractivity contribution in [2.45, 2.75) is 50.9 Å². The lowest BCUT2D eigenvalue weighted by atomic mass is 9.72. The fourth-order valence-corrected chi connectivity index (χ4v) is 9.35. The summed E-state index contributed by atoms with van der Waals surface area (Å²) in [5.41, 5.74) is 7.94. The maximum absolute atomic E-state index is 13.7. The summed E-state index contributed by atoms with van der Waals surface area (Å²) in [6.45, 7) is 4.96. The van der Waals surface area contributed by atoms with Crippen LogP contribution in [0.25, 0.3) is 16.9 Å². The van der Waals surface area contributed by atoms with E-state index < -0.39 is 24.2 Å². The number of aromatic nitrogens is 4. The van der Waals surface area contributed by atoms with Crippen molar-refractivity contribution in [1.82, 2.24) is 40.0 Å². The van der Waals surface area contributed by atoms with Crippen molar-refractivity contribution < 1.29 is 28.3 Å². The van der Waals surface area contributed by atoms with Crippen LogP contribution < -0.4 is 30.5 Å². The molecule has 0 radical (unpaired) electrons. The molecular formula is C44H46FN11O5. The highest BCUT2D eigenvalue weighted by Crippen LogP contribution is 2.43. The van der Waals surface area contributed by atoms with Crippen molar-refractivity contribution in [3.8, 4) is 17.0 Å². The van der Waals surface area contributed by atoms with Crippen molar-refractivity contribution in [2.75, 3.05) is 68.5 Å². The molecule has 2 atom stereocenters. The van der Waals surface area contributed by atoms with E-state index in [1.807, 2.05) is 23.2 Å². The Kier molecular flexibility index (Phi) is 9.57. The van der Waals surface area contributed by atoms with Crippen LogP contribution in [-0.2, 0) is 17.8 Å². The second-order valence-corrected chi connectivity index (χ2v) is 16.7. The summed E-state index contributed by atoms with van der Waals surface area (Å²) in [6.07, 6.45) is 5.57. The van der Waals surface area contributed by atoms with Crippen molar-refractivity contribution in [3.63, 3.8) is 0 Å². The Labute approximate surface area is 351 Å². The van der Waals surface area contributed by atoms with Crippen molar-refractivity contribution in [1.29, 1.82) is 0 Å². The van der Waals surface area contributed by atoms with Crippen LogP contribution in [0.3, 0.4) is 0 Å². The molecule has 10 rings (SSSR count). The first-order chi connectivity index (χ1) is 29.6. The van der Waals surface area contributed by atoms with E-state index in [2.05, 4.69) is 55.0 Å². The van der Waals surface area contributed by atoms with Crippen LogP contribution in [0.5, 0.6) is 5.75 Å². The molecule has 4 fully saturated rings. The van der Waals surface area contributed by atoms with Crippen LogP contribution in [0.1, 0.15) is 57.7 Å². The first kappa shape index (κ1) is 38.6. The van der Waals surface area contributed by atoms with Gasteiger partial charge in [-0.2, -0.15) is 0 Å². The van der Waals surface area contributed by atoms with Crippen LogP contribution in [0.15, 0.2) is 67.0 Å². The van der Waals surface area contributed by atoms with Gasteiger partial charge in [-0.15, -0.1) is 5.10 Å². The molecule has 16 nitrogen and oxygen atoms in total. The molecule has 3 aromatic heterocycles. The first-order valence-corrected chi connectivity index (χ1v) is 20.8. The van der Waals surface area contributed by atoms with Gasteiger partial charge in [0, 0.05) is 94.8 Å². The average Bonchev–Trinajstić information content (AvgIpc) is 3.58. The van der Waals surface area contributed by atoms with E-state index in [1.165, 1.54) is 28.3 Å². The second kappa shape index (κ2) is 15.1. The van der Waals surface area contributed by atoms with E-state index in [0.717, 1.165) is 67.1 Å². The summed E-state index contributed by atoms with van der Waals surface area (Å²) >= 11 is 0. The number of alkyl halides is 1. The Bertz CT molecular complexity index is 2580. The summed E-state index contributed by atoms with van der Waals surface area (Å²) in [7, 11) is 3.32. The molecule has 2 aromatic carbocycles. The van der Waals surface area contributed by atoms with Gasteiger partial charge in [-0.25, -0.2) is 18.7 Å². The smallest absolute Gasteiger partial charge is 0.328 e. The number of hydrogen-bond acceptors (Lipinski definition) is 11. The number of urea groups is 1. The normalized spacial score (nSPS) is 20.7. The number of anilines is 4. The maximum Gasteiger partial charge on any atom is 0.328 e. The predicted octanol–water partition coefficient (Wildman–Crippen LogP) is 4.56. The number of hydrogen-bond donors (Lipinski definition) is 3. The Hall–Kier alpha value is -6.62. The Morgan fingerprint density at radius 3 is 2.48 bits per heavy atom. The zero-order chi connectivity index (χ0) is 42.0. The second-order valence-electron chi connectivity index (χ2n) is 16.7. The highest BCUT2D eigenvalue weighted by Gasteiger charge is 2.45. The van der Waals surface area contributed by atoms with Gasteiger partial charge in [0.15, 0.2) is 17.2 Å². The monoisotopic (exact) mass is 827 g/mol. The highest BCUT2D eigenvalue weighted by atomic mass is 19.1. The number of imidazole rings is 1. The highest BCUT2D eigenvalue weighted by molar-refractivity contribution is 6.07. The minimum absolute atomic E-state index is 0.0789. The molecular weight excluding hydrogens is 782 g/mol. The third-order valence-electron chi connectivity index (χ3n) is 12.8. The van der Waals surface area contributed by atoms with Gasteiger partial charge in [0.25, 0.3) is 11.8 Å². The molecule has 3 N–H and O–H groups in total. The lowest BCUT2D eigenvalue weighted by Gasteiger charge is -2.54. The molecule has 314 valence electrons. The molecule has 3 saturated heterocycles. The zero-order valence-electron chi connectivity index (χ0n) is 34.0. The number of ether oxygens (including phenoxy) is 1. The number of pyridine rings is 1. The molecule has 5 aliphatic rings. The van der Waals surface area contributed by atoms with Crippen LogP contribution in [0.4, 0.5) is 32.1 Å². The molecule has 5 aromatic rings. The van der Waals surface area contributed by atoms with Gasteiger partial charge in [0.05, 0.1) is 36.4 Å². The molecule has 5 amide bonds. The zero-order valence-corrected chi connectivity index (χ0v) is 34.0. The fourth-order valence-electron chi connectivity index (χ4n) is 9.35. The van der Waals surface area contributed by atoms with E-state index in [0.29, 0.717) is 54.5 Å². The molecule has 17 heteroatoms. The first-order valence-electron chi connectivity index (χ1n) is 20.8. The molecule has 0 bridgehead atoms. The lowest BCUT2D eigenvalue weighted by molar-refractivity contribution is -0.120. The fraction of sp³-hybridized carbons (Fsp3) is 0.386.